The number of sulfonamides is 1. The van der Waals surface area contributed by atoms with E-state index in [4.69, 9.17) is 0 Å². The number of H-pyrrole nitrogens is 1. The molecule has 0 saturated carbocycles. The summed E-state index contributed by atoms with van der Waals surface area (Å²) in [5.41, 5.74) is 1.43. The normalized spacial score (nSPS) is 16.7. The van der Waals surface area contributed by atoms with E-state index in [1.165, 1.54) is 10.6 Å². The Morgan fingerprint density at radius 2 is 2.18 bits per heavy atom. The molecule has 0 bridgehead atoms. The van der Waals surface area contributed by atoms with Gasteiger partial charge >= 0.3 is 0 Å². The van der Waals surface area contributed by atoms with Gasteiger partial charge in [-0.3, -0.25) is 9.07 Å². The standard InChI is InChI=1S/C17H18FN7O2S/c18-4-1-7-28(26,27)24-10-17(11-24,3-5-19)25-9-13(8-23-25)15-14-2-6-20-16(14)22-12-21-15/h2,6,8-9,12H,1,3-4,7,10-11H2,(H,20,21,22). The molecule has 28 heavy (non-hydrogen) atoms. The first-order valence-corrected chi connectivity index (χ1v) is 10.3. The highest BCUT2D eigenvalue weighted by molar-refractivity contribution is 7.89. The second-order valence-corrected chi connectivity index (χ2v) is 8.91. The molecule has 0 atom stereocenters. The number of nitrogens with zero attached hydrogens (tertiary/aromatic N) is 6. The molecule has 4 heterocycles. The molecule has 11 heteroatoms. The third-order valence-electron chi connectivity index (χ3n) is 4.97. The monoisotopic (exact) mass is 403 g/mol. The number of hydrogen-bond acceptors (Lipinski definition) is 6. The average Bonchev–Trinajstić information content (AvgIpc) is 3.31. The van der Waals surface area contributed by atoms with Crippen LogP contribution in [0.4, 0.5) is 4.39 Å². The Bertz CT molecular complexity index is 1140. The van der Waals surface area contributed by atoms with Gasteiger partial charge in [-0.2, -0.15) is 14.7 Å². The maximum atomic E-state index is 12.3. The van der Waals surface area contributed by atoms with Crippen LogP contribution in [0.25, 0.3) is 22.3 Å². The molecule has 1 saturated heterocycles. The molecule has 3 aromatic rings. The van der Waals surface area contributed by atoms with E-state index in [-0.39, 0.29) is 31.7 Å². The predicted molar refractivity (Wildman–Crippen MR) is 99.3 cm³/mol. The summed E-state index contributed by atoms with van der Waals surface area (Å²) in [6, 6.07) is 4.00. The van der Waals surface area contributed by atoms with Gasteiger partial charge in [0, 0.05) is 36.4 Å². The number of alkyl halides is 1. The third-order valence-corrected chi connectivity index (χ3v) is 6.82. The number of nitriles is 1. The fourth-order valence-electron chi connectivity index (χ4n) is 3.46. The Labute approximate surface area is 160 Å². The van der Waals surface area contributed by atoms with Crippen LogP contribution in [0, 0.1) is 11.3 Å². The van der Waals surface area contributed by atoms with Crippen molar-refractivity contribution in [3.8, 4) is 17.3 Å². The SMILES string of the molecule is N#CCC1(n2cc(-c3ncnc4[nH]ccc34)cn2)CN(S(=O)(=O)CCCF)C1. The molecule has 0 unspecified atom stereocenters. The summed E-state index contributed by atoms with van der Waals surface area (Å²) in [5, 5.41) is 14.5. The van der Waals surface area contributed by atoms with Crippen LogP contribution in [-0.2, 0) is 15.6 Å². The van der Waals surface area contributed by atoms with Crippen molar-refractivity contribution in [2.24, 2.45) is 0 Å². The highest BCUT2D eigenvalue weighted by Crippen LogP contribution is 2.36. The van der Waals surface area contributed by atoms with E-state index in [2.05, 4.69) is 26.1 Å². The molecule has 0 amide bonds. The van der Waals surface area contributed by atoms with E-state index < -0.39 is 22.2 Å². The number of aromatic amines is 1. The van der Waals surface area contributed by atoms with E-state index in [1.54, 1.807) is 23.3 Å². The quantitative estimate of drug-likeness (QED) is 0.637. The molecule has 3 aromatic heterocycles. The predicted octanol–water partition coefficient (Wildman–Crippen LogP) is 1.44. The molecule has 0 aromatic carbocycles. The summed E-state index contributed by atoms with van der Waals surface area (Å²) >= 11 is 0. The Morgan fingerprint density at radius 3 is 2.93 bits per heavy atom. The summed E-state index contributed by atoms with van der Waals surface area (Å²) in [7, 11) is -3.53. The van der Waals surface area contributed by atoms with Crippen LogP contribution in [0.5, 0.6) is 0 Å². The lowest BCUT2D eigenvalue weighted by molar-refractivity contribution is 0.0717. The number of nitrogens with one attached hydrogen (secondary N) is 1. The molecule has 1 N–H and O–H groups in total. The molecule has 0 radical (unpaired) electrons. The minimum atomic E-state index is -3.53. The van der Waals surface area contributed by atoms with Gasteiger partial charge in [-0.25, -0.2) is 18.4 Å². The second-order valence-electron chi connectivity index (χ2n) is 6.82. The maximum Gasteiger partial charge on any atom is 0.214 e. The summed E-state index contributed by atoms with van der Waals surface area (Å²) in [4.78, 5) is 11.5. The van der Waals surface area contributed by atoms with Crippen molar-refractivity contribution in [1.82, 2.24) is 29.0 Å². The summed E-state index contributed by atoms with van der Waals surface area (Å²) in [6.45, 7) is -0.398. The molecule has 0 aliphatic carbocycles. The van der Waals surface area contributed by atoms with Gasteiger partial charge in [0.1, 0.15) is 17.5 Å². The van der Waals surface area contributed by atoms with Crippen LogP contribution in [0.3, 0.4) is 0 Å². The highest BCUT2D eigenvalue weighted by atomic mass is 32.2. The summed E-state index contributed by atoms with van der Waals surface area (Å²) < 4.78 is 39.8. The third kappa shape index (κ3) is 3.04. The number of aromatic nitrogens is 5. The molecular formula is C17H18FN7O2S. The van der Waals surface area contributed by atoms with Crippen LogP contribution >= 0.6 is 0 Å². The van der Waals surface area contributed by atoms with Crippen LogP contribution in [0.2, 0.25) is 0 Å². The Kier molecular flexibility index (Phi) is 4.60. The fraction of sp³-hybridized carbons (Fsp3) is 0.412. The van der Waals surface area contributed by atoms with E-state index in [0.717, 1.165) is 10.9 Å². The zero-order chi connectivity index (χ0) is 19.8. The largest absolute Gasteiger partial charge is 0.346 e. The first-order chi connectivity index (χ1) is 13.5. The van der Waals surface area contributed by atoms with Crippen LogP contribution in [0.1, 0.15) is 12.8 Å². The smallest absolute Gasteiger partial charge is 0.214 e. The first-order valence-electron chi connectivity index (χ1n) is 8.73. The highest BCUT2D eigenvalue weighted by Gasteiger charge is 2.50. The molecule has 1 fully saturated rings. The van der Waals surface area contributed by atoms with E-state index in [0.29, 0.717) is 11.3 Å². The lowest BCUT2D eigenvalue weighted by atomic mass is 9.89. The van der Waals surface area contributed by atoms with E-state index in [1.807, 2.05) is 6.07 Å². The molecule has 146 valence electrons. The van der Waals surface area contributed by atoms with Gasteiger partial charge < -0.3 is 4.98 Å². The van der Waals surface area contributed by atoms with Crippen LogP contribution in [0.15, 0.2) is 31.0 Å². The van der Waals surface area contributed by atoms with E-state index in [9.17, 15) is 18.1 Å². The zero-order valence-corrected chi connectivity index (χ0v) is 15.7. The molecule has 4 rings (SSSR count). The van der Waals surface area contributed by atoms with Gasteiger partial charge in [0.2, 0.25) is 10.0 Å². The van der Waals surface area contributed by atoms with E-state index >= 15 is 0 Å². The molecular weight excluding hydrogens is 385 g/mol. The van der Waals surface area contributed by atoms with Crippen molar-refractivity contribution in [2.45, 2.75) is 18.4 Å². The topological polar surface area (TPSA) is 121 Å². The van der Waals surface area contributed by atoms with Crippen LogP contribution < -0.4 is 0 Å². The minimum Gasteiger partial charge on any atom is -0.346 e. The van der Waals surface area contributed by atoms with Gasteiger partial charge in [0.25, 0.3) is 0 Å². The minimum absolute atomic E-state index is 0.0314. The average molecular weight is 403 g/mol. The van der Waals surface area contributed by atoms with Crippen molar-refractivity contribution in [3.05, 3.63) is 31.0 Å². The van der Waals surface area contributed by atoms with Crippen molar-refractivity contribution in [1.29, 1.82) is 5.26 Å². The van der Waals surface area contributed by atoms with Gasteiger partial charge in [-0.15, -0.1) is 0 Å². The number of halogens is 1. The van der Waals surface area contributed by atoms with Gasteiger partial charge in [0.15, 0.2) is 0 Å². The summed E-state index contributed by atoms with van der Waals surface area (Å²) in [6.07, 6.45) is 6.74. The Balaban J connectivity index is 1.61. The lowest BCUT2D eigenvalue weighted by Crippen LogP contribution is -2.64. The van der Waals surface area contributed by atoms with Crippen molar-refractivity contribution in [3.63, 3.8) is 0 Å². The van der Waals surface area contributed by atoms with Crippen molar-refractivity contribution < 1.29 is 12.8 Å². The number of hydrogen-bond donors (Lipinski definition) is 1. The second kappa shape index (κ2) is 6.96. The van der Waals surface area contributed by atoms with Gasteiger partial charge in [0.05, 0.1) is 36.8 Å². The summed E-state index contributed by atoms with van der Waals surface area (Å²) in [5.74, 6) is -0.233. The fourth-order valence-corrected chi connectivity index (χ4v) is 5.07. The first kappa shape index (κ1) is 18.5. The Hall–Kier alpha value is -2.84. The molecule has 1 aliphatic heterocycles. The van der Waals surface area contributed by atoms with Crippen LogP contribution in [-0.4, -0.2) is 63.0 Å². The molecule has 0 spiro atoms. The van der Waals surface area contributed by atoms with Gasteiger partial charge in [-0.05, 0) is 12.5 Å². The lowest BCUT2D eigenvalue weighted by Gasteiger charge is -2.47. The molecule has 1 aliphatic rings. The van der Waals surface area contributed by atoms with Gasteiger partial charge in [-0.1, -0.05) is 0 Å². The van der Waals surface area contributed by atoms with Crippen molar-refractivity contribution in [2.75, 3.05) is 25.5 Å². The maximum absolute atomic E-state index is 12.3. The van der Waals surface area contributed by atoms with Crippen molar-refractivity contribution >= 4 is 21.1 Å². The zero-order valence-electron chi connectivity index (χ0n) is 14.9. The Morgan fingerprint density at radius 1 is 1.36 bits per heavy atom. The molecule has 9 nitrogen and oxygen atoms in total. The number of fused-ring (bicyclic) bond motifs is 1. The number of rotatable bonds is 7.